The lowest BCUT2D eigenvalue weighted by Crippen LogP contribution is -2.20. The van der Waals surface area contributed by atoms with E-state index < -0.39 is 23.7 Å². The van der Waals surface area contributed by atoms with Gasteiger partial charge in [-0.1, -0.05) is 38.3 Å². The van der Waals surface area contributed by atoms with Gasteiger partial charge in [-0.3, -0.25) is 0 Å². The van der Waals surface area contributed by atoms with Gasteiger partial charge in [0.25, 0.3) is 0 Å². The van der Waals surface area contributed by atoms with Crippen molar-refractivity contribution < 1.29 is 26.7 Å². The van der Waals surface area contributed by atoms with Crippen molar-refractivity contribution in [1.29, 1.82) is 0 Å². The molecule has 180 valence electrons. The summed E-state index contributed by atoms with van der Waals surface area (Å²) in [6, 6.07) is 2.01. The monoisotopic (exact) mass is 458 g/mol. The van der Waals surface area contributed by atoms with E-state index in [1.54, 1.807) is 0 Å². The Balaban J connectivity index is 1.42. The predicted octanol–water partition coefficient (Wildman–Crippen LogP) is 9.08. The van der Waals surface area contributed by atoms with Crippen LogP contribution < -0.4 is 4.74 Å². The maximum atomic E-state index is 14.0. The highest BCUT2D eigenvalue weighted by Crippen LogP contribution is 2.41. The van der Waals surface area contributed by atoms with Crippen LogP contribution in [0, 0.1) is 29.4 Å². The van der Waals surface area contributed by atoms with Gasteiger partial charge in [0.15, 0.2) is 11.6 Å². The molecule has 0 saturated heterocycles. The smallest absolute Gasteiger partial charge is 0.399 e. The van der Waals surface area contributed by atoms with Crippen LogP contribution in [-0.4, -0.2) is 6.36 Å². The van der Waals surface area contributed by atoms with Gasteiger partial charge < -0.3 is 4.74 Å². The van der Waals surface area contributed by atoms with Crippen LogP contribution in [0.5, 0.6) is 5.75 Å². The summed E-state index contributed by atoms with van der Waals surface area (Å²) in [6.45, 7) is 2.20. The zero-order valence-electron chi connectivity index (χ0n) is 18.9. The lowest BCUT2D eigenvalue weighted by Gasteiger charge is -2.31. The number of allylic oxidation sites excluding steroid dienone is 2. The highest BCUT2D eigenvalue weighted by Gasteiger charge is 2.34. The molecule has 0 bridgehead atoms. The number of rotatable bonds is 8. The third-order valence-electron chi connectivity index (χ3n) is 7.29. The molecule has 0 spiro atoms. The molecule has 2 aliphatic rings. The second-order valence-electron chi connectivity index (χ2n) is 9.65. The SMILES string of the molecule is CCC/C=C/C1CCC(CCC2CCC(c3cc(F)c(OC(F)(F)F)c(F)c3)CC2)CC1. The summed E-state index contributed by atoms with van der Waals surface area (Å²) in [4.78, 5) is 0. The molecule has 2 fully saturated rings. The summed E-state index contributed by atoms with van der Waals surface area (Å²) < 4.78 is 68.6. The van der Waals surface area contributed by atoms with Gasteiger partial charge in [-0.25, -0.2) is 8.78 Å². The molecule has 0 aliphatic heterocycles. The number of ether oxygens (including phenoxy) is 1. The fraction of sp³-hybridized carbons (Fsp3) is 0.692. The molecule has 0 N–H and O–H groups in total. The fourth-order valence-corrected chi connectivity index (χ4v) is 5.41. The van der Waals surface area contributed by atoms with Gasteiger partial charge in [0.05, 0.1) is 0 Å². The van der Waals surface area contributed by atoms with Gasteiger partial charge in [-0.05, 0) is 99.2 Å². The zero-order chi connectivity index (χ0) is 23.1. The third kappa shape index (κ3) is 7.48. The average molecular weight is 459 g/mol. The van der Waals surface area contributed by atoms with Crippen molar-refractivity contribution in [1.82, 2.24) is 0 Å². The van der Waals surface area contributed by atoms with E-state index in [9.17, 15) is 22.0 Å². The van der Waals surface area contributed by atoms with Crippen molar-refractivity contribution in [3.8, 4) is 5.75 Å². The quantitative estimate of drug-likeness (QED) is 0.279. The van der Waals surface area contributed by atoms with Crippen molar-refractivity contribution in [2.45, 2.75) is 96.3 Å². The first-order valence-corrected chi connectivity index (χ1v) is 12.2. The Morgan fingerprint density at radius 1 is 0.875 bits per heavy atom. The maximum absolute atomic E-state index is 14.0. The Kier molecular flexibility index (Phi) is 9.01. The van der Waals surface area contributed by atoms with Crippen LogP contribution in [0.25, 0.3) is 0 Å². The largest absolute Gasteiger partial charge is 0.573 e. The molecular weight excluding hydrogens is 423 g/mol. The van der Waals surface area contributed by atoms with Gasteiger partial charge in [0.1, 0.15) is 0 Å². The summed E-state index contributed by atoms with van der Waals surface area (Å²) in [5.41, 5.74) is 0.433. The molecule has 0 aromatic heterocycles. The molecule has 3 rings (SSSR count). The minimum absolute atomic E-state index is 0.0134. The van der Waals surface area contributed by atoms with Gasteiger partial charge in [0, 0.05) is 0 Å². The Morgan fingerprint density at radius 2 is 1.41 bits per heavy atom. The number of unbranched alkanes of at least 4 members (excludes halogenated alkanes) is 1. The Hall–Kier alpha value is -1.59. The van der Waals surface area contributed by atoms with Gasteiger partial charge >= 0.3 is 6.36 Å². The molecule has 0 heterocycles. The molecular formula is C26H35F5O. The molecule has 1 aromatic carbocycles. The van der Waals surface area contributed by atoms with Crippen LogP contribution in [-0.2, 0) is 0 Å². The molecule has 0 unspecified atom stereocenters. The fourth-order valence-electron chi connectivity index (χ4n) is 5.41. The summed E-state index contributed by atoms with van der Waals surface area (Å²) in [5.74, 6) is -1.77. The Bertz CT molecular complexity index is 718. The molecule has 1 nitrogen and oxygen atoms in total. The lowest BCUT2D eigenvalue weighted by molar-refractivity contribution is -0.276. The van der Waals surface area contributed by atoms with E-state index in [0.717, 1.165) is 49.7 Å². The molecule has 0 amide bonds. The summed E-state index contributed by atoms with van der Waals surface area (Å²) in [7, 11) is 0. The van der Waals surface area contributed by atoms with Crippen LogP contribution >= 0.6 is 0 Å². The van der Waals surface area contributed by atoms with E-state index >= 15 is 0 Å². The van der Waals surface area contributed by atoms with Crippen LogP contribution in [0.4, 0.5) is 22.0 Å². The number of alkyl halides is 3. The number of hydrogen-bond acceptors (Lipinski definition) is 1. The third-order valence-corrected chi connectivity index (χ3v) is 7.29. The zero-order valence-corrected chi connectivity index (χ0v) is 18.9. The Labute approximate surface area is 188 Å². The van der Waals surface area contributed by atoms with Crippen LogP contribution in [0.3, 0.4) is 0 Å². The number of hydrogen-bond donors (Lipinski definition) is 0. The second-order valence-corrected chi connectivity index (χ2v) is 9.65. The van der Waals surface area contributed by atoms with Crippen LogP contribution in [0.15, 0.2) is 24.3 Å². The first kappa shape index (κ1) is 25.0. The van der Waals surface area contributed by atoms with E-state index in [-0.39, 0.29) is 5.92 Å². The van der Waals surface area contributed by atoms with Gasteiger partial charge in [-0.2, -0.15) is 0 Å². The molecule has 2 aliphatic carbocycles. The van der Waals surface area contributed by atoms with E-state index in [1.807, 2.05) is 0 Å². The first-order chi connectivity index (χ1) is 15.2. The van der Waals surface area contributed by atoms with E-state index in [4.69, 9.17) is 0 Å². The summed E-state index contributed by atoms with van der Waals surface area (Å²) in [6.07, 6.45) is 13.3. The standard InChI is InChI=1S/C26H35F5O/c1-2-3-4-5-18-6-8-19(9-7-18)10-11-20-12-14-21(15-13-20)22-16-23(27)25(24(28)17-22)32-26(29,30)31/h4-5,16-21H,2-3,6-15H2,1H3/b5-4+. The van der Waals surface area contributed by atoms with E-state index in [1.165, 1.54) is 51.4 Å². The molecule has 1 aromatic rings. The Morgan fingerprint density at radius 3 is 1.91 bits per heavy atom. The average Bonchev–Trinajstić information content (AvgIpc) is 2.75. The normalized spacial score (nSPS) is 27.1. The predicted molar refractivity (Wildman–Crippen MR) is 116 cm³/mol. The molecule has 32 heavy (non-hydrogen) atoms. The minimum Gasteiger partial charge on any atom is -0.399 e. The van der Waals surface area contributed by atoms with E-state index in [2.05, 4.69) is 23.8 Å². The van der Waals surface area contributed by atoms with Gasteiger partial charge in [-0.15, -0.1) is 13.2 Å². The van der Waals surface area contributed by atoms with Crippen LogP contribution in [0.2, 0.25) is 0 Å². The highest BCUT2D eigenvalue weighted by molar-refractivity contribution is 5.33. The second kappa shape index (κ2) is 11.5. The van der Waals surface area contributed by atoms with Crippen molar-refractivity contribution >= 4 is 0 Å². The van der Waals surface area contributed by atoms with Crippen LogP contribution in [0.1, 0.15) is 95.5 Å². The molecule has 0 atom stereocenters. The number of halogens is 5. The lowest BCUT2D eigenvalue weighted by atomic mass is 9.74. The van der Waals surface area contributed by atoms with Crippen molar-refractivity contribution in [3.05, 3.63) is 41.5 Å². The molecule has 2 saturated carbocycles. The topological polar surface area (TPSA) is 9.23 Å². The molecule has 6 heteroatoms. The first-order valence-electron chi connectivity index (χ1n) is 12.2. The minimum atomic E-state index is -5.12. The maximum Gasteiger partial charge on any atom is 0.573 e. The summed E-state index contributed by atoms with van der Waals surface area (Å²) >= 11 is 0. The molecule has 0 radical (unpaired) electrons. The number of benzene rings is 1. The van der Waals surface area contributed by atoms with Crippen molar-refractivity contribution in [3.63, 3.8) is 0 Å². The summed E-state index contributed by atoms with van der Waals surface area (Å²) in [5, 5.41) is 0. The highest BCUT2D eigenvalue weighted by atomic mass is 19.4. The van der Waals surface area contributed by atoms with E-state index in [0.29, 0.717) is 11.5 Å². The van der Waals surface area contributed by atoms with Crippen molar-refractivity contribution in [2.75, 3.05) is 0 Å². The van der Waals surface area contributed by atoms with Crippen molar-refractivity contribution in [2.24, 2.45) is 17.8 Å². The van der Waals surface area contributed by atoms with Gasteiger partial charge in [0.2, 0.25) is 5.75 Å².